The summed E-state index contributed by atoms with van der Waals surface area (Å²) in [5.74, 6) is 0. The predicted molar refractivity (Wildman–Crippen MR) is 57.7 cm³/mol. The highest BCUT2D eigenvalue weighted by Crippen LogP contribution is 2.34. The topological polar surface area (TPSA) is 43.8 Å². The molecule has 0 saturated carbocycles. The van der Waals surface area contributed by atoms with E-state index in [0.29, 0.717) is 5.69 Å². The standard InChI is InChI=1S/C11H10F3N3/c1-7-5-17(6-16-7)8-2-3-9(10(15)4-8)11(12,13)14/h2-6H,15H2,1H3. The molecule has 0 fully saturated rings. The summed E-state index contributed by atoms with van der Waals surface area (Å²) in [6.07, 6.45) is -1.19. The van der Waals surface area contributed by atoms with Crippen LogP contribution in [0.4, 0.5) is 18.9 Å². The largest absolute Gasteiger partial charge is 0.418 e. The van der Waals surface area contributed by atoms with E-state index in [9.17, 15) is 13.2 Å². The highest BCUT2D eigenvalue weighted by Gasteiger charge is 2.32. The Morgan fingerprint density at radius 2 is 2.00 bits per heavy atom. The average Bonchev–Trinajstić information content (AvgIpc) is 2.62. The van der Waals surface area contributed by atoms with Crippen LogP contribution in [0.2, 0.25) is 0 Å². The van der Waals surface area contributed by atoms with Gasteiger partial charge in [-0.3, -0.25) is 0 Å². The van der Waals surface area contributed by atoms with Crippen LogP contribution in [-0.4, -0.2) is 9.55 Å². The van der Waals surface area contributed by atoms with Gasteiger partial charge in [0.15, 0.2) is 0 Å². The van der Waals surface area contributed by atoms with Gasteiger partial charge in [-0.2, -0.15) is 13.2 Å². The molecule has 1 aromatic heterocycles. The van der Waals surface area contributed by atoms with E-state index >= 15 is 0 Å². The van der Waals surface area contributed by atoms with Crippen LogP contribution in [0.1, 0.15) is 11.3 Å². The summed E-state index contributed by atoms with van der Waals surface area (Å²) in [6, 6.07) is 3.62. The van der Waals surface area contributed by atoms with Crippen molar-refractivity contribution in [2.75, 3.05) is 5.73 Å². The van der Waals surface area contributed by atoms with Crippen molar-refractivity contribution in [1.82, 2.24) is 9.55 Å². The Bertz CT molecular complexity index is 543. The Balaban J connectivity index is 2.44. The fourth-order valence-corrected chi connectivity index (χ4v) is 1.53. The van der Waals surface area contributed by atoms with Crippen molar-refractivity contribution in [3.05, 3.63) is 42.0 Å². The first-order valence-corrected chi connectivity index (χ1v) is 4.85. The van der Waals surface area contributed by atoms with Crippen LogP contribution in [0.5, 0.6) is 0 Å². The van der Waals surface area contributed by atoms with Crippen molar-refractivity contribution in [1.29, 1.82) is 0 Å². The van der Waals surface area contributed by atoms with Gasteiger partial charge < -0.3 is 10.3 Å². The molecule has 6 heteroatoms. The van der Waals surface area contributed by atoms with Crippen LogP contribution in [0, 0.1) is 6.92 Å². The number of nitrogens with zero attached hydrogens (tertiary/aromatic N) is 2. The van der Waals surface area contributed by atoms with Gasteiger partial charge in [0.1, 0.15) is 0 Å². The van der Waals surface area contributed by atoms with E-state index in [1.165, 1.54) is 18.5 Å². The van der Waals surface area contributed by atoms with Crippen LogP contribution in [-0.2, 0) is 6.18 Å². The van der Waals surface area contributed by atoms with Gasteiger partial charge in [-0.05, 0) is 25.1 Å². The number of alkyl halides is 3. The van der Waals surface area contributed by atoms with E-state index in [0.717, 1.165) is 11.8 Å². The molecule has 0 bridgehead atoms. The molecule has 0 radical (unpaired) electrons. The second kappa shape index (κ2) is 3.80. The van der Waals surface area contributed by atoms with Crippen LogP contribution in [0.3, 0.4) is 0 Å². The molecule has 0 unspecified atom stereocenters. The summed E-state index contributed by atoms with van der Waals surface area (Å²) >= 11 is 0. The smallest absolute Gasteiger partial charge is 0.398 e. The van der Waals surface area contributed by atoms with Crippen LogP contribution < -0.4 is 5.73 Å². The average molecular weight is 241 g/mol. The fourth-order valence-electron chi connectivity index (χ4n) is 1.53. The van der Waals surface area contributed by atoms with E-state index in [1.54, 1.807) is 17.7 Å². The first-order chi connectivity index (χ1) is 7.88. The van der Waals surface area contributed by atoms with Crippen molar-refractivity contribution in [3.8, 4) is 5.69 Å². The molecule has 0 aliphatic heterocycles. The molecule has 0 aliphatic rings. The van der Waals surface area contributed by atoms with E-state index in [4.69, 9.17) is 5.73 Å². The quantitative estimate of drug-likeness (QED) is 0.780. The molecule has 0 aliphatic carbocycles. The second-order valence-electron chi connectivity index (χ2n) is 3.69. The van der Waals surface area contributed by atoms with E-state index in [-0.39, 0.29) is 5.69 Å². The molecular weight excluding hydrogens is 231 g/mol. The number of nitrogens with two attached hydrogens (primary N) is 1. The molecule has 0 atom stereocenters. The molecule has 2 aromatic rings. The number of hydrogen-bond acceptors (Lipinski definition) is 2. The molecule has 0 amide bonds. The highest BCUT2D eigenvalue weighted by molar-refractivity contribution is 5.55. The Hall–Kier alpha value is -1.98. The third-order valence-corrected chi connectivity index (χ3v) is 2.35. The van der Waals surface area contributed by atoms with Crippen molar-refractivity contribution in [2.24, 2.45) is 0 Å². The number of anilines is 1. The summed E-state index contributed by atoms with van der Waals surface area (Å²) in [5.41, 5.74) is 5.62. The van der Waals surface area contributed by atoms with Crippen molar-refractivity contribution >= 4 is 5.69 Å². The molecule has 3 nitrogen and oxygen atoms in total. The molecule has 1 heterocycles. The van der Waals surface area contributed by atoms with E-state index in [1.807, 2.05) is 0 Å². The molecule has 2 N–H and O–H groups in total. The Labute approximate surface area is 95.7 Å². The number of aromatic nitrogens is 2. The molecule has 90 valence electrons. The third-order valence-electron chi connectivity index (χ3n) is 2.35. The van der Waals surface area contributed by atoms with Gasteiger partial charge in [-0.1, -0.05) is 0 Å². The number of imidazole rings is 1. The minimum absolute atomic E-state index is 0.290. The van der Waals surface area contributed by atoms with Gasteiger partial charge in [0.05, 0.1) is 17.6 Å². The summed E-state index contributed by atoms with van der Waals surface area (Å²) < 4.78 is 39.1. The number of halogens is 3. The minimum atomic E-state index is -4.42. The van der Waals surface area contributed by atoms with Gasteiger partial charge in [0.2, 0.25) is 0 Å². The Morgan fingerprint density at radius 1 is 1.29 bits per heavy atom. The lowest BCUT2D eigenvalue weighted by molar-refractivity contribution is -0.136. The van der Waals surface area contributed by atoms with Crippen LogP contribution in [0.25, 0.3) is 5.69 Å². The van der Waals surface area contributed by atoms with Crippen molar-refractivity contribution < 1.29 is 13.2 Å². The maximum absolute atomic E-state index is 12.5. The molecule has 0 spiro atoms. The predicted octanol–water partition coefficient (Wildman–Crippen LogP) is 2.78. The molecule has 1 aromatic carbocycles. The normalized spacial score (nSPS) is 11.8. The zero-order chi connectivity index (χ0) is 12.6. The lowest BCUT2D eigenvalue weighted by atomic mass is 10.1. The summed E-state index contributed by atoms with van der Waals surface area (Å²) in [5, 5.41) is 0. The first-order valence-electron chi connectivity index (χ1n) is 4.85. The minimum Gasteiger partial charge on any atom is -0.398 e. The lowest BCUT2D eigenvalue weighted by Gasteiger charge is -2.11. The summed E-state index contributed by atoms with van der Waals surface area (Å²) in [7, 11) is 0. The zero-order valence-electron chi connectivity index (χ0n) is 8.99. The van der Waals surface area contributed by atoms with Gasteiger partial charge in [0, 0.05) is 17.6 Å². The number of aryl methyl sites for hydroxylation is 1. The van der Waals surface area contributed by atoms with Gasteiger partial charge in [0.25, 0.3) is 0 Å². The zero-order valence-corrected chi connectivity index (χ0v) is 8.99. The second-order valence-corrected chi connectivity index (χ2v) is 3.69. The monoisotopic (exact) mass is 241 g/mol. The third kappa shape index (κ3) is 2.25. The van der Waals surface area contributed by atoms with E-state index in [2.05, 4.69) is 4.98 Å². The van der Waals surface area contributed by atoms with Crippen molar-refractivity contribution in [2.45, 2.75) is 13.1 Å². The number of nitrogen functional groups attached to an aromatic ring is 1. The lowest BCUT2D eigenvalue weighted by Crippen LogP contribution is -2.09. The van der Waals surface area contributed by atoms with E-state index < -0.39 is 11.7 Å². The summed E-state index contributed by atoms with van der Waals surface area (Å²) in [4.78, 5) is 3.99. The number of hydrogen-bond donors (Lipinski definition) is 1. The highest BCUT2D eigenvalue weighted by atomic mass is 19.4. The SMILES string of the molecule is Cc1cn(-c2ccc(C(F)(F)F)c(N)c2)cn1. The fraction of sp³-hybridized carbons (Fsp3) is 0.182. The molecule has 0 saturated heterocycles. The number of rotatable bonds is 1. The summed E-state index contributed by atoms with van der Waals surface area (Å²) in [6.45, 7) is 1.80. The maximum Gasteiger partial charge on any atom is 0.418 e. The molecule has 17 heavy (non-hydrogen) atoms. The molecule has 2 rings (SSSR count). The van der Waals surface area contributed by atoms with Gasteiger partial charge >= 0.3 is 6.18 Å². The number of benzene rings is 1. The maximum atomic E-state index is 12.5. The molecular formula is C11H10F3N3. The first kappa shape index (κ1) is 11.5. The van der Waals surface area contributed by atoms with Crippen LogP contribution in [0.15, 0.2) is 30.7 Å². The Kier molecular flexibility index (Phi) is 2.57. The van der Waals surface area contributed by atoms with Gasteiger partial charge in [-0.15, -0.1) is 0 Å². The van der Waals surface area contributed by atoms with Gasteiger partial charge in [-0.25, -0.2) is 4.98 Å². The van der Waals surface area contributed by atoms with Crippen molar-refractivity contribution in [3.63, 3.8) is 0 Å². The Morgan fingerprint density at radius 3 is 2.47 bits per heavy atom. The van der Waals surface area contributed by atoms with Crippen LogP contribution >= 0.6 is 0 Å².